The van der Waals surface area contributed by atoms with Gasteiger partial charge in [-0.05, 0) is 48.1 Å². The Morgan fingerprint density at radius 2 is 1.86 bits per heavy atom. The summed E-state index contributed by atoms with van der Waals surface area (Å²) in [6.07, 6.45) is 5.26. The molecule has 2 aromatic carbocycles. The number of carbonyl (C=O) groups excluding carboxylic acids is 1. The number of methoxy groups -OCH3 is 1. The van der Waals surface area contributed by atoms with Crippen LogP contribution in [0.2, 0.25) is 0 Å². The van der Waals surface area contributed by atoms with Gasteiger partial charge in [-0.15, -0.1) is 0 Å². The molecule has 1 atom stereocenters. The van der Waals surface area contributed by atoms with E-state index in [4.69, 9.17) is 4.74 Å². The topological polar surface area (TPSA) is 75.7 Å². The van der Waals surface area contributed by atoms with Crippen LogP contribution in [0, 0.1) is 5.92 Å². The Labute approximate surface area is 172 Å². The summed E-state index contributed by atoms with van der Waals surface area (Å²) in [6.45, 7) is 0. The van der Waals surface area contributed by atoms with Gasteiger partial charge in [-0.2, -0.15) is 0 Å². The zero-order chi connectivity index (χ0) is 21.0. The van der Waals surface area contributed by atoms with Crippen LogP contribution < -0.4 is 10.1 Å². The van der Waals surface area contributed by atoms with Crippen molar-refractivity contribution in [1.82, 2.24) is 9.62 Å². The second-order valence-corrected chi connectivity index (χ2v) is 9.39. The number of ether oxygens (including phenoxy) is 1. The largest absolute Gasteiger partial charge is 0.495 e. The number of nitrogens with zero attached hydrogens (tertiary/aromatic N) is 1. The van der Waals surface area contributed by atoms with E-state index in [0.29, 0.717) is 11.5 Å². The molecule has 0 spiro atoms. The van der Waals surface area contributed by atoms with Gasteiger partial charge < -0.3 is 10.1 Å². The van der Waals surface area contributed by atoms with Gasteiger partial charge >= 0.3 is 0 Å². The van der Waals surface area contributed by atoms with Gasteiger partial charge in [0.1, 0.15) is 10.6 Å². The normalized spacial score (nSPS) is 15.4. The van der Waals surface area contributed by atoms with E-state index in [2.05, 4.69) is 5.32 Å². The molecule has 1 aliphatic carbocycles. The van der Waals surface area contributed by atoms with Gasteiger partial charge in [0.05, 0.1) is 13.2 Å². The van der Waals surface area contributed by atoms with Gasteiger partial charge in [-0.3, -0.25) is 4.79 Å². The Hall–Kier alpha value is -2.64. The van der Waals surface area contributed by atoms with Crippen LogP contribution in [0.4, 0.5) is 0 Å². The van der Waals surface area contributed by atoms with Crippen LogP contribution in [0.3, 0.4) is 0 Å². The van der Waals surface area contributed by atoms with Crippen molar-refractivity contribution in [2.45, 2.75) is 23.8 Å². The minimum atomic E-state index is -3.66. The molecule has 0 heterocycles. The highest BCUT2D eigenvalue weighted by Gasteiger charge is 2.32. The van der Waals surface area contributed by atoms with Crippen LogP contribution in [0.15, 0.2) is 59.5 Å². The van der Waals surface area contributed by atoms with Gasteiger partial charge in [-0.1, -0.05) is 36.4 Å². The molecule has 0 aliphatic heterocycles. The standard InChI is InChI=1S/C22H26N2O4S/c1-24(2)29(26,27)20-15-16(9-13-19(20)28-3)10-14-21(25)23-22(18-11-12-18)17-7-5-4-6-8-17/h4-10,13-15,18,22H,11-12H2,1-3H3,(H,23,25)/b14-10+. The molecule has 1 fully saturated rings. The SMILES string of the molecule is COc1ccc(/C=C/C(=O)NC(c2ccccc2)C2CC2)cc1S(=O)(=O)N(C)C. The second kappa shape index (κ2) is 8.80. The van der Waals surface area contributed by atoms with Gasteiger partial charge in [0.15, 0.2) is 0 Å². The molecule has 0 aromatic heterocycles. The number of hydrogen-bond acceptors (Lipinski definition) is 4. The molecule has 0 saturated heterocycles. The zero-order valence-electron chi connectivity index (χ0n) is 16.8. The van der Waals surface area contributed by atoms with Crippen molar-refractivity contribution in [2.24, 2.45) is 5.92 Å². The van der Waals surface area contributed by atoms with Gasteiger partial charge in [-0.25, -0.2) is 12.7 Å². The summed E-state index contributed by atoms with van der Waals surface area (Å²) in [4.78, 5) is 12.6. The van der Waals surface area contributed by atoms with Crippen LogP contribution in [-0.4, -0.2) is 39.8 Å². The predicted octanol–water partition coefficient (Wildman–Crippen LogP) is 3.23. The minimum Gasteiger partial charge on any atom is -0.495 e. The average Bonchev–Trinajstić information content (AvgIpc) is 3.56. The summed E-state index contributed by atoms with van der Waals surface area (Å²) in [6, 6.07) is 14.7. The van der Waals surface area contributed by atoms with Crippen LogP contribution in [0.1, 0.15) is 30.0 Å². The maximum Gasteiger partial charge on any atom is 0.246 e. The molecule has 1 unspecified atom stereocenters. The van der Waals surface area contributed by atoms with E-state index in [-0.39, 0.29) is 22.6 Å². The van der Waals surface area contributed by atoms with E-state index in [1.165, 1.54) is 33.3 Å². The van der Waals surface area contributed by atoms with E-state index < -0.39 is 10.0 Å². The zero-order valence-corrected chi connectivity index (χ0v) is 17.6. The lowest BCUT2D eigenvalue weighted by molar-refractivity contribution is -0.117. The second-order valence-electron chi connectivity index (χ2n) is 7.27. The van der Waals surface area contributed by atoms with Crippen molar-refractivity contribution in [3.8, 4) is 5.75 Å². The summed E-state index contributed by atoms with van der Waals surface area (Å²) in [5.41, 5.74) is 1.70. The predicted molar refractivity (Wildman–Crippen MR) is 113 cm³/mol. The van der Waals surface area contributed by atoms with E-state index in [1.807, 2.05) is 30.3 Å². The lowest BCUT2D eigenvalue weighted by atomic mass is 10.0. The Morgan fingerprint density at radius 3 is 2.45 bits per heavy atom. The Balaban J connectivity index is 1.78. The van der Waals surface area contributed by atoms with Crippen molar-refractivity contribution < 1.29 is 17.9 Å². The summed E-state index contributed by atoms with van der Waals surface area (Å²) in [5.74, 6) is 0.518. The molecule has 1 amide bonds. The molecule has 3 rings (SSSR count). The fraction of sp³-hybridized carbons (Fsp3) is 0.318. The van der Waals surface area contributed by atoms with E-state index in [9.17, 15) is 13.2 Å². The monoisotopic (exact) mass is 414 g/mol. The number of carbonyl (C=O) groups is 1. The minimum absolute atomic E-state index is 0.00565. The molecule has 0 bridgehead atoms. The third-order valence-corrected chi connectivity index (χ3v) is 6.76. The molecule has 0 radical (unpaired) electrons. The number of sulfonamides is 1. The third-order valence-electron chi connectivity index (χ3n) is 4.92. The van der Waals surface area contributed by atoms with Gasteiger partial charge in [0, 0.05) is 20.2 Å². The molecule has 6 nitrogen and oxygen atoms in total. The number of rotatable bonds is 8. The van der Waals surface area contributed by atoms with Crippen LogP contribution in [0.5, 0.6) is 5.75 Å². The van der Waals surface area contributed by atoms with Gasteiger partial charge in [0.25, 0.3) is 0 Å². The molecule has 7 heteroatoms. The number of hydrogen-bond donors (Lipinski definition) is 1. The average molecular weight is 415 g/mol. The van der Waals surface area contributed by atoms with Crippen molar-refractivity contribution in [2.75, 3.05) is 21.2 Å². The molecule has 2 aromatic rings. The fourth-order valence-electron chi connectivity index (χ4n) is 3.13. The highest BCUT2D eigenvalue weighted by Crippen LogP contribution is 2.40. The van der Waals surface area contributed by atoms with Crippen LogP contribution in [-0.2, 0) is 14.8 Å². The van der Waals surface area contributed by atoms with E-state index in [0.717, 1.165) is 22.7 Å². The Kier molecular flexibility index (Phi) is 6.39. The van der Waals surface area contributed by atoms with Crippen molar-refractivity contribution in [3.63, 3.8) is 0 Å². The summed E-state index contributed by atoms with van der Waals surface area (Å²) in [5, 5.41) is 3.07. The smallest absolute Gasteiger partial charge is 0.246 e. The first kappa shape index (κ1) is 21.1. The summed E-state index contributed by atoms with van der Waals surface area (Å²) in [7, 11) is 0.690. The van der Waals surface area contributed by atoms with Crippen molar-refractivity contribution >= 4 is 22.0 Å². The van der Waals surface area contributed by atoms with Crippen molar-refractivity contribution in [3.05, 3.63) is 65.7 Å². The highest BCUT2D eigenvalue weighted by molar-refractivity contribution is 7.89. The van der Waals surface area contributed by atoms with Crippen LogP contribution in [0.25, 0.3) is 6.08 Å². The highest BCUT2D eigenvalue weighted by atomic mass is 32.2. The van der Waals surface area contributed by atoms with Crippen molar-refractivity contribution in [1.29, 1.82) is 0 Å². The lowest BCUT2D eigenvalue weighted by Gasteiger charge is -2.17. The number of amides is 1. The molecule has 29 heavy (non-hydrogen) atoms. The molecular weight excluding hydrogens is 388 g/mol. The lowest BCUT2D eigenvalue weighted by Crippen LogP contribution is -2.28. The first-order chi connectivity index (χ1) is 13.8. The first-order valence-corrected chi connectivity index (χ1v) is 10.9. The summed E-state index contributed by atoms with van der Waals surface area (Å²) >= 11 is 0. The number of benzene rings is 2. The quantitative estimate of drug-likeness (QED) is 0.673. The van der Waals surface area contributed by atoms with E-state index >= 15 is 0 Å². The molecule has 154 valence electrons. The molecular formula is C22H26N2O4S. The van der Waals surface area contributed by atoms with Gasteiger partial charge in [0.2, 0.25) is 15.9 Å². The fourth-order valence-corrected chi connectivity index (χ4v) is 4.22. The molecule has 1 saturated carbocycles. The number of nitrogens with one attached hydrogen (secondary N) is 1. The Morgan fingerprint density at radius 1 is 1.17 bits per heavy atom. The summed E-state index contributed by atoms with van der Waals surface area (Å²) < 4.78 is 31.4. The maximum atomic E-state index is 12.5. The third kappa shape index (κ3) is 5.05. The first-order valence-electron chi connectivity index (χ1n) is 9.47. The maximum absolute atomic E-state index is 12.5. The Bertz CT molecular complexity index is 997. The molecule has 1 aliphatic rings. The van der Waals surface area contributed by atoms with E-state index in [1.54, 1.807) is 18.2 Å². The van der Waals surface area contributed by atoms with Crippen LogP contribution >= 0.6 is 0 Å². The molecule has 1 N–H and O–H groups in total.